The van der Waals surface area contributed by atoms with Gasteiger partial charge in [-0.1, -0.05) is 67.7 Å². The number of pyridine rings is 1. The number of hydrogen-bond donors (Lipinski definition) is 0. The number of rotatable bonds is 2. The Morgan fingerprint density at radius 2 is 1.50 bits per heavy atom. The van der Waals surface area contributed by atoms with Crippen molar-refractivity contribution in [3.05, 3.63) is 102 Å². The maximum Gasteiger partial charge on any atom is 0.219 e. The summed E-state index contributed by atoms with van der Waals surface area (Å²) in [7, 11) is 0.0254. The van der Waals surface area contributed by atoms with Gasteiger partial charge in [0, 0.05) is 28.0 Å². The van der Waals surface area contributed by atoms with Gasteiger partial charge >= 0.3 is 0 Å². The van der Waals surface area contributed by atoms with Gasteiger partial charge in [0.1, 0.15) is 32.1 Å². The summed E-state index contributed by atoms with van der Waals surface area (Å²) in [4.78, 5) is 0. The van der Waals surface area contributed by atoms with Crippen LogP contribution in [0.25, 0.3) is 55.4 Å². The van der Waals surface area contributed by atoms with Gasteiger partial charge in [-0.3, -0.25) is 0 Å². The molecule has 0 radical (unpaired) electrons. The largest absolute Gasteiger partial charge is 0.454 e. The summed E-state index contributed by atoms with van der Waals surface area (Å²) in [5.41, 5.74) is 9.56. The summed E-state index contributed by atoms with van der Waals surface area (Å²) in [5, 5.41) is 14.9. The molecule has 0 saturated heterocycles. The molecule has 0 bridgehead atoms. The second-order valence-corrected chi connectivity index (χ2v) is 15.8. The van der Waals surface area contributed by atoms with Crippen LogP contribution in [0.1, 0.15) is 16.7 Å². The Balaban J connectivity index is 1.52. The van der Waals surface area contributed by atoms with E-state index in [1.165, 1.54) is 21.5 Å². The molecule has 1 aliphatic rings. The lowest BCUT2D eigenvalue weighted by molar-refractivity contribution is -0.661. The van der Waals surface area contributed by atoms with E-state index < -0.39 is 8.07 Å². The zero-order valence-corrected chi connectivity index (χ0v) is 24.2. The summed E-state index contributed by atoms with van der Waals surface area (Å²) in [6, 6.07) is 27.3. The van der Waals surface area contributed by atoms with Crippen LogP contribution in [0.4, 0.5) is 4.39 Å². The standard InChI is InChI=1S/C35H28FN2OSi/c1-20-10-13-26-27-15-12-23(18-37)33(35(27)39-34(26)32(20)29-17-28(36)21(2)19-38(29)3)22-11-14-25-24-8-6-7-9-30(24)40(4,5)31(25)16-22/h6-17,19H,1-5H3/q+1. The molecule has 1 aliphatic heterocycles. The van der Waals surface area contributed by atoms with Crippen molar-refractivity contribution in [2.24, 2.45) is 7.05 Å². The zero-order chi connectivity index (χ0) is 27.9. The molecule has 40 heavy (non-hydrogen) atoms. The first-order chi connectivity index (χ1) is 19.2. The normalized spacial score (nSPS) is 13.4. The van der Waals surface area contributed by atoms with Gasteiger partial charge in [-0.2, -0.15) is 5.26 Å². The van der Waals surface area contributed by atoms with Crippen molar-refractivity contribution >= 4 is 40.4 Å². The molecule has 4 aromatic carbocycles. The Bertz CT molecular complexity index is 2100. The van der Waals surface area contributed by atoms with Crippen LogP contribution in [0.5, 0.6) is 0 Å². The first-order valence-corrected chi connectivity index (χ1v) is 16.5. The number of nitrogens with zero attached hydrogens (tertiary/aromatic N) is 2. The molecule has 6 aromatic rings. The molecule has 0 unspecified atom stereocenters. The van der Waals surface area contributed by atoms with Crippen LogP contribution < -0.4 is 14.9 Å². The first kappa shape index (κ1) is 24.5. The minimum atomic E-state index is -1.90. The van der Waals surface area contributed by atoms with E-state index in [2.05, 4.69) is 73.8 Å². The van der Waals surface area contributed by atoms with Gasteiger partial charge in [-0.05, 0) is 58.6 Å². The van der Waals surface area contributed by atoms with Crippen molar-refractivity contribution < 1.29 is 13.4 Å². The molecule has 2 aromatic heterocycles. The Morgan fingerprint density at radius 1 is 0.800 bits per heavy atom. The van der Waals surface area contributed by atoms with E-state index in [0.717, 1.165) is 38.7 Å². The number of aryl methyl sites for hydroxylation is 3. The molecule has 0 N–H and O–H groups in total. The van der Waals surface area contributed by atoms with Gasteiger partial charge in [-0.15, -0.1) is 0 Å². The Hall–Kier alpha value is -4.53. The zero-order valence-electron chi connectivity index (χ0n) is 23.2. The van der Waals surface area contributed by atoms with E-state index in [-0.39, 0.29) is 5.82 Å². The predicted molar refractivity (Wildman–Crippen MR) is 162 cm³/mol. The average Bonchev–Trinajstić information content (AvgIpc) is 3.43. The number of halogens is 1. The lowest BCUT2D eigenvalue weighted by Gasteiger charge is -2.19. The minimum absolute atomic E-state index is 0.251. The van der Waals surface area contributed by atoms with E-state index in [1.807, 2.05) is 30.7 Å². The molecule has 0 aliphatic carbocycles. The van der Waals surface area contributed by atoms with E-state index >= 15 is 0 Å². The third-order valence-corrected chi connectivity index (χ3v) is 12.2. The highest BCUT2D eigenvalue weighted by Gasteiger charge is 2.37. The molecule has 5 heteroatoms. The third-order valence-electron chi connectivity index (χ3n) is 8.67. The van der Waals surface area contributed by atoms with Crippen LogP contribution >= 0.6 is 0 Å². The Labute approximate surface area is 233 Å². The average molecular weight is 540 g/mol. The third kappa shape index (κ3) is 3.30. The highest BCUT2D eigenvalue weighted by molar-refractivity contribution is 7.03. The van der Waals surface area contributed by atoms with Crippen LogP contribution in [0.15, 0.2) is 83.4 Å². The van der Waals surface area contributed by atoms with Gasteiger partial charge in [0.2, 0.25) is 5.69 Å². The van der Waals surface area contributed by atoms with E-state index in [9.17, 15) is 9.65 Å². The second kappa shape index (κ2) is 8.48. The van der Waals surface area contributed by atoms with Gasteiger partial charge < -0.3 is 4.42 Å². The molecule has 3 heterocycles. The lowest BCUT2D eigenvalue weighted by Crippen LogP contribution is -2.49. The monoisotopic (exact) mass is 539 g/mol. The quantitative estimate of drug-likeness (QED) is 0.173. The van der Waals surface area contributed by atoms with Crippen molar-refractivity contribution in [2.75, 3.05) is 0 Å². The van der Waals surface area contributed by atoms with Gasteiger partial charge in [0.15, 0.2) is 6.20 Å². The smallest absolute Gasteiger partial charge is 0.219 e. The number of aromatic nitrogens is 1. The van der Waals surface area contributed by atoms with E-state index in [1.54, 1.807) is 19.2 Å². The number of furan rings is 1. The maximum atomic E-state index is 14.8. The summed E-state index contributed by atoms with van der Waals surface area (Å²) in [5.74, 6) is -0.251. The molecule has 0 saturated carbocycles. The van der Waals surface area contributed by atoms with Crippen LogP contribution in [-0.2, 0) is 7.05 Å². The van der Waals surface area contributed by atoms with Gasteiger partial charge in [-0.25, -0.2) is 8.96 Å². The Morgan fingerprint density at radius 3 is 2.27 bits per heavy atom. The second-order valence-electron chi connectivity index (χ2n) is 11.4. The van der Waals surface area contributed by atoms with E-state index in [0.29, 0.717) is 22.3 Å². The molecule has 194 valence electrons. The molecule has 0 spiro atoms. The fourth-order valence-electron chi connectivity index (χ4n) is 6.57. The highest BCUT2D eigenvalue weighted by Crippen LogP contribution is 2.42. The Kier molecular flexibility index (Phi) is 5.20. The number of nitriles is 1. The molecule has 0 atom stereocenters. The van der Waals surface area contributed by atoms with Crippen molar-refractivity contribution in [3.8, 4) is 39.6 Å². The van der Waals surface area contributed by atoms with Gasteiger partial charge in [0.05, 0.1) is 17.2 Å². The predicted octanol–water partition coefficient (Wildman–Crippen LogP) is 7.18. The highest BCUT2D eigenvalue weighted by atomic mass is 28.3. The maximum absolute atomic E-state index is 14.8. The number of benzene rings is 4. The van der Waals surface area contributed by atoms with Crippen LogP contribution in [-0.4, -0.2) is 8.07 Å². The summed E-state index contributed by atoms with van der Waals surface area (Å²) in [6.07, 6.45) is 1.80. The topological polar surface area (TPSA) is 40.8 Å². The van der Waals surface area contributed by atoms with Crippen molar-refractivity contribution in [3.63, 3.8) is 0 Å². The fourth-order valence-corrected chi connectivity index (χ4v) is 9.67. The molecule has 0 amide bonds. The fraction of sp³-hybridized carbons (Fsp3) is 0.143. The molecule has 7 rings (SSSR count). The summed E-state index contributed by atoms with van der Waals surface area (Å²) >= 11 is 0. The van der Waals surface area contributed by atoms with Crippen LogP contribution in [0.3, 0.4) is 0 Å². The molecular formula is C35H28FN2OSi+. The lowest BCUT2D eigenvalue weighted by atomic mass is 9.94. The van der Waals surface area contributed by atoms with Crippen molar-refractivity contribution in [2.45, 2.75) is 26.9 Å². The minimum Gasteiger partial charge on any atom is -0.454 e. The SMILES string of the molecule is Cc1c[n+](C)c(-c2c(C)ccc3c2oc2c(-c4ccc5c(c4)[Si](C)(C)c4ccccc4-5)c(C#N)ccc23)cc1F. The van der Waals surface area contributed by atoms with E-state index in [4.69, 9.17) is 4.42 Å². The summed E-state index contributed by atoms with van der Waals surface area (Å²) < 4.78 is 23.4. The first-order valence-electron chi connectivity index (χ1n) is 13.5. The summed E-state index contributed by atoms with van der Waals surface area (Å²) in [6.45, 7) is 8.57. The van der Waals surface area contributed by atoms with Crippen molar-refractivity contribution in [1.82, 2.24) is 0 Å². The van der Waals surface area contributed by atoms with Gasteiger partial charge in [0.25, 0.3) is 0 Å². The van der Waals surface area contributed by atoms with Crippen molar-refractivity contribution in [1.29, 1.82) is 5.26 Å². The van der Waals surface area contributed by atoms with Crippen LogP contribution in [0.2, 0.25) is 13.1 Å². The molecular weight excluding hydrogens is 511 g/mol. The number of hydrogen-bond acceptors (Lipinski definition) is 2. The van der Waals surface area contributed by atoms with Crippen LogP contribution in [0, 0.1) is 31.0 Å². The number of fused-ring (bicyclic) bond motifs is 6. The molecule has 3 nitrogen and oxygen atoms in total. The molecule has 0 fully saturated rings.